The highest BCUT2D eigenvalue weighted by molar-refractivity contribution is 9.10. The summed E-state index contributed by atoms with van der Waals surface area (Å²) in [5, 5.41) is 5.31. The van der Waals surface area contributed by atoms with Gasteiger partial charge >= 0.3 is 0 Å². The van der Waals surface area contributed by atoms with Crippen LogP contribution in [-0.4, -0.2) is 0 Å². The third-order valence-electron chi connectivity index (χ3n) is 3.38. The molecule has 19 heavy (non-hydrogen) atoms. The number of hydrogen-bond acceptors (Lipinski definition) is 1. The first-order valence-corrected chi connectivity index (χ1v) is 7.10. The Morgan fingerprint density at radius 2 is 1.79 bits per heavy atom. The lowest BCUT2D eigenvalue weighted by Crippen LogP contribution is -1.75. The summed E-state index contributed by atoms with van der Waals surface area (Å²) in [5.74, 6) is 0. The van der Waals surface area contributed by atoms with E-state index >= 15 is 0 Å². The molecule has 0 saturated heterocycles. The van der Waals surface area contributed by atoms with E-state index < -0.39 is 0 Å². The van der Waals surface area contributed by atoms with Crippen LogP contribution in [0.4, 0.5) is 0 Å². The van der Waals surface area contributed by atoms with E-state index in [1.165, 1.54) is 10.8 Å². The van der Waals surface area contributed by atoms with E-state index in [1.807, 2.05) is 30.3 Å². The second-order valence-electron chi connectivity index (χ2n) is 4.53. The fourth-order valence-corrected chi connectivity index (χ4v) is 3.25. The molecule has 1 aromatic heterocycles. The Labute approximate surface area is 122 Å². The Balaban J connectivity index is 2.36. The van der Waals surface area contributed by atoms with Gasteiger partial charge in [-0.25, -0.2) is 0 Å². The topological polar surface area (TPSA) is 13.1 Å². The van der Waals surface area contributed by atoms with Gasteiger partial charge in [-0.05, 0) is 44.9 Å². The van der Waals surface area contributed by atoms with Crippen molar-refractivity contribution < 1.29 is 4.42 Å². The van der Waals surface area contributed by atoms with Crippen molar-refractivity contribution in [3.8, 4) is 0 Å². The fourth-order valence-electron chi connectivity index (χ4n) is 2.56. The van der Waals surface area contributed by atoms with Crippen molar-refractivity contribution >= 4 is 60.2 Å². The zero-order chi connectivity index (χ0) is 13.0. The molecule has 3 heteroatoms. The molecule has 0 aliphatic heterocycles. The lowest BCUT2D eigenvalue weighted by molar-refractivity contribution is 0.667. The predicted octanol–water partition coefficient (Wildman–Crippen LogP) is 6.16. The number of hydrogen-bond donors (Lipinski definition) is 0. The highest BCUT2D eigenvalue weighted by Crippen LogP contribution is 2.39. The van der Waals surface area contributed by atoms with Crippen LogP contribution < -0.4 is 0 Å². The molecule has 0 amide bonds. The van der Waals surface area contributed by atoms with Crippen molar-refractivity contribution in [1.29, 1.82) is 0 Å². The Morgan fingerprint density at radius 1 is 0.947 bits per heavy atom. The summed E-state index contributed by atoms with van der Waals surface area (Å²) in [7, 11) is 0. The number of fused-ring (bicyclic) bond motifs is 5. The van der Waals surface area contributed by atoms with E-state index in [0.29, 0.717) is 5.02 Å². The molecular weight excluding hydrogens is 324 g/mol. The lowest BCUT2D eigenvalue weighted by atomic mass is 10.0. The predicted molar refractivity (Wildman–Crippen MR) is 83.9 cm³/mol. The summed E-state index contributed by atoms with van der Waals surface area (Å²) in [6.07, 6.45) is 0. The lowest BCUT2D eigenvalue weighted by Gasteiger charge is -2.01. The third kappa shape index (κ3) is 1.60. The van der Waals surface area contributed by atoms with Gasteiger partial charge in [0.1, 0.15) is 11.2 Å². The van der Waals surface area contributed by atoms with Crippen molar-refractivity contribution in [2.45, 2.75) is 0 Å². The SMILES string of the molecule is Clc1ccc2c(c1)oc1c(Br)cc3ccccc3c12. The minimum atomic E-state index is 0.687. The number of rotatable bonds is 0. The summed E-state index contributed by atoms with van der Waals surface area (Å²) in [6.45, 7) is 0. The molecule has 0 saturated carbocycles. The molecule has 3 aromatic carbocycles. The summed E-state index contributed by atoms with van der Waals surface area (Å²) in [6, 6.07) is 16.2. The maximum Gasteiger partial charge on any atom is 0.150 e. The molecule has 0 unspecified atom stereocenters. The largest absolute Gasteiger partial charge is 0.455 e. The zero-order valence-electron chi connectivity index (χ0n) is 9.78. The summed E-state index contributed by atoms with van der Waals surface area (Å²) < 4.78 is 6.91. The molecule has 92 valence electrons. The molecule has 1 nitrogen and oxygen atoms in total. The standard InChI is InChI=1S/C16H8BrClO/c17-13-7-9-3-1-2-4-11(9)15-12-6-5-10(18)8-14(12)19-16(13)15/h1-8H. The molecule has 0 N–H and O–H groups in total. The molecule has 0 radical (unpaired) electrons. The van der Waals surface area contributed by atoms with Crippen LogP contribution in [0.3, 0.4) is 0 Å². The second kappa shape index (κ2) is 3.99. The van der Waals surface area contributed by atoms with Crippen molar-refractivity contribution in [3.05, 3.63) is 58.0 Å². The van der Waals surface area contributed by atoms with E-state index in [-0.39, 0.29) is 0 Å². The molecular formula is C16H8BrClO. The van der Waals surface area contributed by atoms with Gasteiger partial charge in [0.15, 0.2) is 0 Å². The fraction of sp³-hybridized carbons (Fsp3) is 0. The minimum absolute atomic E-state index is 0.687. The zero-order valence-corrected chi connectivity index (χ0v) is 12.1. The summed E-state index contributed by atoms with van der Waals surface area (Å²) in [5.41, 5.74) is 1.69. The molecule has 4 aromatic rings. The van der Waals surface area contributed by atoms with Crippen LogP contribution in [0, 0.1) is 0 Å². The van der Waals surface area contributed by atoms with Gasteiger partial charge in [0, 0.05) is 21.9 Å². The smallest absolute Gasteiger partial charge is 0.150 e. The molecule has 1 heterocycles. The average Bonchev–Trinajstić information content (AvgIpc) is 2.78. The maximum absolute atomic E-state index is 6.03. The van der Waals surface area contributed by atoms with Gasteiger partial charge in [0.25, 0.3) is 0 Å². The molecule has 0 fully saturated rings. The van der Waals surface area contributed by atoms with Gasteiger partial charge in [-0.15, -0.1) is 0 Å². The van der Waals surface area contributed by atoms with E-state index in [9.17, 15) is 0 Å². The van der Waals surface area contributed by atoms with Crippen molar-refractivity contribution in [2.24, 2.45) is 0 Å². The van der Waals surface area contributed by atoms with Gasteiger partial charge in [-0.2, -0.15) is 0 Å². The highest BCUT2D eigenvalue weighted by atomic mass is 79.9. The van der Waals surface area contributed by atoms with E-state index in [2.05, 4.69) is 34.1 Å². The van der Waals surface area contributed by atoms with Crippen molar-refractivity contribution in [1.82, 2.24) is 0 Å². The number of furan rings is 1. The van der Waals surface area contributed by atoms with Crippen molar-refractivity contribution in [2.75, 3.05) is 0 Å². The second-order valence-corrected chi connectivity index (χ2v) is 5.82. The molecule has 0 atom stereocenters. The molecule has 0 spiro atoms. The average molecular weight is 332 g/mol. The summed E-state index contributed by atoms with van der Waals surface area (Å²) >= 11 is 9.62. The third-order valence-corrected chi connectivity index (χ3v) is 4.21. The summed E-state index contributed by atoms with van der Waals surface area (Å²) in [4.78, 5) is 0. The Hall–Kier alpha value is -1.51. The first kappa shape index (κ1) is 11.3. The Kier molecular flexibility index (Phi) is 2.38. The number of benzene rings is 3. The van der Waals surface area contributed by atoms with Gasteiger partial charge in [-0.1, -0.05) is 35.9 Å². The van der Waals surface area contributed by atoms with Gasteiger partial charge in [-0.3, -0.25) is 0 Å². The first-order chi connectivity index (χ1) is 9.24. The van der Waals surface area contributed by atoms with Crippen LogP contribution in [0.1, 0.15) is 0 Å². The van der Waals surface area contributed by atoms with E-state index in [4.69, 9.17) is 16.0 Å². The first-order valence-electron chi connectivity index (χ1n) is 5.93. The number of halogens is 2. The molecule has 4 rings (SSSR count). The van der Waals surface area contributed by atoms with Gasteiger partial charge < -0.3 is 4.42 Å². The monoisotopic (exact) mass is 330 g/mol. The normalized spacial score (nSPS) is 11.7. The Morgan fingerprint density at radius 3 is 2.68 bits per heavy atom. The molecule has 0 aliphatic rings. The van der Waals surface area contributed by atoms with Gasteiger partial charge in [0.2, 0.25) is 0 Å². The highest BCUT2D eigenvalue weighted by Gasteiger charge is 2.13. The maximum atomic E-state index is 6.03. The quantitative estimate of drug-likeness (QED) is 0.376. The van der Waals surface area contributed by atoms with E-state index in [1.54, 1.807) is 0 Å². The van der Waals surface area contributed by atoms with Crippen LogP contribution in [0.5, 0.6) is 0 Å². The Bertz CT molecular complexity index is 940. The van der Waals surface area contributed by atoms with Crippen LogP contribution in [0.15, 0.2) is 57.4 Å². The van der Waals surface area contributed by atoms with E-state index in [0.717, 1.165) is 26.4 Å². The van der Waals surface area contributed by atoms with Crippen LogP contribution in [0.2, 0.25) is 5.02 Å². The van der Waals surface area contributed by atoms with Crippen LogP contribution in [-0.2, 0) is 0 Å². The molecule has 0 bridgehead atoms. The van der Waals surface area contributed by atoms with Crippen LogP contribution >= 0.6 is 27.5 Å². The van der Waals surface area contributed by atoms with Crippen molar-refractivity contribution in [3.63, 3.8) is 0 Å². The molecule has 0 aliphatic carbocycles. The van der Waals surface area contributed by atoms with Crippen LogP contribution in [0.25, 0.3) is 32.7 Å². The minimum Gasteiger partial charge on any atom is -0.455 e. The van der Waals surface area contributed by atoms with Gasteiger partial charge in [0.05, 0.1) is 4.47 Å².